The second kappa shape index (κ2) is 11.5. The summed E-state index contributed by atoms with van der Waals surface area (Å²) in [7, 11) is 0. The van der Waals surface area contributed by atoms with Gasteiger partial charge in [0.15, 0.2) is 6.54 Å². The molecule has 1 rings (SSSR count). The van der Waals surface area contributed by atoms with E-state index in [0.717, 1.165) is 13.1 Å². The summed E-state index contributed by atoms with van der Waals surface area (Å²) in [5, 5.41) is 0.594. The number of likely N-dealkylation sites (N-methyl/N-ethyl adjacent to an activating group) is 2. The summed E-state index contributed by atoms with van der Waals surface area (Å²) in [5.74, 6) is 0.838. The Morgan fingerprint density at radius 1 is 1.26 bits per heavy atom. The third kappa shape index (κ3) is 6.98. The van der Waals surface area contributed by atoms with Gasteiger partial charge in [-0.2, -0.15) is 0 Å². The number of hydrogen-bond acceptors (Lipinski definition) is 2. The number of quaternary nitrogens is 1. The van der Waals surface area contributed by atoms with Crippen molar-refractivity contribution in [2.24, 2.45) is 0 Å². The van der Waals surface area contributed by atoms with Crippen LogP contribution in [0.15, 0.2) is 24.3 Å². The average molecular weight is 363 g/mol. The van der Waals surface area contributed by atoms with Gasteiger partial charge in [-0.05, 0) is 39.8 Å². The summed E-state index contributed by atoms with van der Waals surface area (Å²) in [5.41, 5.74) is 0. The van der Waals surface area contributed by atoms with E-state index in [-0.39, 0.29) is 24.4 Å². The van der Waals surface area contributed by atoms with Gasteiger partial charge in [-0.15, -0.1) is 0 Å². The smallest absolute Gasteiger partial charge is 0.278 e. The SMILES string of the molecule is CCN(C(=O)C[NH+](CC)CC)C(C)COc1ccccc1Cl.[Cl-]. The Morgan fingerprint density at radius 3 is 2.39 bits per heavy atom. The van der Waals surface area contributed by atoms with Crippen LogP contribution in [-0.4, -0.2) is 49.6 Å². The normalized spacial score (nSPS) is 11.7. The summed E-state index contributed by atoms with van der Waals surface area (Å²) in [6.45, 7) is 11.8. The number of halogens is 2. The number of nitrogens with zero attached hydrogens (tertiary/aromatic N) is 1. The summed E-state index contributed by atoms with van der Waals surface area (Å²) in [4.78, 5) is 15.6. The van der Waals surface area contributed by atoms with Crippen LogP contribution >= 0.6 is 11.6 Å². The molecule has 0 aliphatic heterocycles. The van der Waals surface area contributed by atoms with Gasteiger partial charge in [-0.3, -0.25) is 4.79 Å². The number of nitrogens with one attached hydrogen (secondary N) is 1. The van der Waals surface area contributed by atoms with Gasteiger partial charge in [0.2, 0.25) is 0 Å². The zero-order valence-electron chi connectivity index (χ0n) is 14.4. The quantitative estimate of drug-likeness (QED) is 0.604. The van der Waals surface area contributed by atoms with Crippen molar-refractivity contribution >= 4 is 17.5 Å². The van der Waals surface area contributed by atoms with Crippen LogP contribution in [0.3, 0.4) is 0 Å². The van der Waals surface area contributed by atoms with Crippen LogP contribution in [0.2, 0.25) is 5.02 Å². The number of para-hydroxylation sites is 1. The molecule has 4 nitrogen and oxygen atoms in total. The number of benzene rings is 1. The van der Waals surface area contributed by atoms with E-state index in [2.05, 4.69) is 13.8 Å². The fourth-order valence-corrected chi connectivity index (χ4v) is 2.60. The molecule has 0 fully saturated rings. The first-order valence-corrected chi connectivity index (χ1v) is 8.41. The molecule has 1 N–H and O–H groups in total. The molecule has 0 aliphatic rings. The number of carbonyl (C=O) groups excluding carboxylic acids is 1. The molecule has 23 heavy (non-hydrogen) atoms. The predicted molar refractivity (Wildman–Crippen MR) is 90.7 cm³/mol. The lowest BCUT2D eigenvalue weighted by Crippen LogP contribution is -3.12. The van der Waals surface area contributed by atoms with E-state index < -0.39 is 0 Å². The molecule has 0 spiro atoms. The molecule has 1 unspecified atom stereocenters. The van der Waals surface area contributed by atoms with Crippen molar-refractivity contribution in [2.45, 2.75) is 33.7 Å². The lowest BCUT2D eigenvalue weighted by molar-refractivity contribution is -0.888. The Hall–Kier alpha value is -0.970. The fourth-order valence-electron chi connectivity index (χ4n) is 2.41. The van der Waals surface area contributed by atoms with E-state index in [9.17, 15) is 4.79 Å². The average Bonchev–Trinajstić information content (AvgIpc) is 2.52. The molecule has 132 valence electrons. The molecule has 0 bridgehead atoms. The van der Waals surface area contributed by atoms with Gasteiger partial charge in [-0.1, -0.05) is 23.7 Å². The fraction of sp³-hybridized carbons (Fsp3) is 0.588. The van der Waals surface area contributed by atoms with E-state index in [4.69, 9.17) is 16.3 Å². The van der Waals surface area contributed by atoms with Gasteiger partial charge < -0.3 is 26.9 Å². The molecule has 0 aliphatic carbocycles. The minimum absolute atomic E-state index is 0. The molecule has 0 radical (unpaired) electrons. The van der Waals surface area contributed by atoms with Crippen molar-refractivity contribution in [3.05, 3.63) is 29.3 Å². The van der Waals surface area contributed by atoms with Crippen LogP contribution in [0.4, 0.5) is 0 Å². The van der Waals surface area contributed by atoms with Crippen LogP contribution < -0.4 is 22.0 Å². The summed E-state index contributed by atoms with van der Waals surface area (Å²) in [6, 6.07) is 7.41. The van der Waals surface area contributed by atoms with Crippen LogP contribution in [0.25, 0.3) is 0 Å². The molecule has 1 atom stereocenters. The molecule has 1 amide bonds. The van der Waals surface area contributed by atoms with Gasteiger partial charge in [0.25, 0.3) is 5.91 Å². The highest BCUT2D eigenvalue weighted by Gasteiger charge is 2.22. The van der Waals surface area contributed by atoms with E-state index in [1.165, 1.54) is 4.90 Å². The van der Waals surface area contributed by atoms with Gasteiger partial charge >= 0.3 is 0 Å². The molecule has 0 saturated heterocycles. The molecular weight excluding hydrogens is 335 g/mol. The van der Waals surface area contributed by atoms with E-state index in [1.807, 2.05) is 36.9 Å². The van der Waals surface area contributed by atoms with Gasteiger partial charge in [0, 0.05) is 6.54 Å². The van der Waals surface area contributed by atoms with Crippen molar-refractivity contribution < 1.29 is 26.8 Å². The van der Waals surface area contributed by atoms with E-state index >= 15 is 0 Å². The zero-order valence-corrected chi connectivity index (χ0v) is 16.0. The number of ether oxygens (including phenoxy) is 1. The summed E-state index contributed by atoms with van der Waals surface area (Å²) in [6.07, 6.45) is 0. The van der Waals surface area contributed by atoms with Crippen molar-refractivity contribution in [3.8, 4) is 5.75 Å². The van der Waals surface area contributed by atoms with Gasteiger partial charge in [0.1, 0.15) is 12.4 Å². The topological polar surface area (TPSA) is 34.0 Å². The third-order valence-corrected chi connectivity index (χ3v) is 4.22. The number of hydrogen-bond donors (Lipinski definition) is 1. The first-order chi connectivity index (χ1) is 10.5. The first-order valence-electron chi connectivity index (χ1n) is 8.03. The second-order valence-electron chi connectivity index (χ2n) is 5.40. The number of carbonyl (C=O) groups is 1. The minimum Gasteiger partial charge on any atom is -1.00 e. The maximum absolute atomic E-state index is 12.4. The van der Waals surface area contributed by atoms with Crippen LogP contribution in [0.1, 0.15) is 27.7 Å². The van der Waals surface area contributed by atoms with E-state index in [0.29, 0.717) is 30.5 Å². The summed E-state index contributed by atoms with van der Waals surface area (Å²) < 4.78 is 5.76. The Morgan fingerprint density at radius 2 is 1.87 bits per heavy atom. The highest BCUT2D eigenvalue weighted by atomic mass is 35.5. The zero-order chi connectivity index (χ0) is 16.5. The lowest BCUT2D eigenvalue weighted by atomic mass is 10.2. The van der Waals surface area contributed by atoms with Gasteiger partial charge in [0.05, 0.1) is 24.2 Å². The van der Waals surface area contributed by atoms with Crippen molar-refractivity contribution in [1.29, 1.82) is 0 Å². The summed E-state index contributed by atoms with van der Waals surface area (Å²) >= 11 is 6.08. The van der Waals surface area contributed by atoms with Crippen molar-refractivity contribution in [1.82, 2.24) is 4.90 Å². The van der Waals surface area contributed by atoms with Crippen LogP contribution in [0.5, 0.6) is 5.75 Å². The van der Waals surface area contributed by atoms with Crippen LogP contribution in [0, 0.1) is 0 Å². The van der Waals surface area contributed by atoms with Crippen LogP contribution in [-0.2, 0) is 4.79 Å². The van der Waals surface area contributed by atoms with Crippen molar-refractivity contribution in [3.63, 3.8) is 0 Å². The largest absolute Gasteiger partial charge is 1.00 e. The molecule has 0 saturated carbocycles. The third-order valence-electron chi connectivity index (χ3n) is 3.91. The highest BCUT2D eigenvalue weighted by molar-refractivity contribution is 6.32. The molecule has 6 heteroatoms. The monoisotopic (exact) mass is 362 g/mol. The minimum atomic E-state index is 0. The molecule has 1 aromatic rings. The molecule has 0 aromatic heterocycles. The number of amides is 1. The van der Waals surface area contributed by atoms with Crippen molar-refractivity contribution in [2.75, 3.05) is 32.8 Å². The first kappa shape index (κ1) is 22.0. The Labute approximate surface area is 151 Å². The Balaban J connectivity index is 0.00000484. The predicted octanol–water partition coefficient (Wildman–Crippen LogP) is -1.12. The molecular formula is C17H28Cl2N2O2. The lowest BCUT2D eigenvalue weighted by Gasteiger charge is -2.29. The second-order valence-corrected chi connectivity index (χ2v) is 5.81. The maximum Gasteiger partial charge on any atom is 0.278 e. The Bertz CT molecular complexity index is 468. The maximum atomic E-state index is 12.4. The Kier molecular flexibility index (Phi) is 11.1. The van der Waals surface area contributed by atoms with Gasteiger partial charge in [-0.25, -0.2) is 0 Å². The molecule has 0 heterocycles. The highest BCUT2D eigenvalue weighted by Crippen LogP contribution is 2.23. The number of rotatable bonds is 9. The van der Waals surface area contributed by atoms with E-state index in [1.54, 1.807) is 6.07 Å². The standard InChI is InChI=1S/C17H27ClN2O2.ClH/c1-5-19(6-2)12-17(21)20(7-3)14(4)13-22-16-11-9-8-10-15(16)18;/h8-11,14H,5-7,12-13H2,1-4H3;1H. The molecule has 1 aromatic carbocycles.